The van der Waals surface area contributed by atoms with Crippen LogP contribution in [0.5, 0.6) is 5.75 Å². The molecule has 1 heterocycles. The number of aromatic nitrogens is 2. The van der Waals surface area contributed by atoms with Gasteiger partial charge in [0.15, 0.2) is 0 Å². The number of nitrogens with two attached hydrogens (primary N) is 1. The van der Waals surface area contributed by atoms with Crippen LogP contribution >= 0.6 is 0 Å². The zero-order valence-corrected chi connectivity index (χ0v) is 12.1. The highest BCUT2D eigenvalue weighted by molar-refractivity contribution is 5.72. The minimum Gasteiger partial charge on any atom is -0.497 e. The SMILES string of the molecule is COc1ccc(-c2nn(-c3ccc(C)cc3)cc2N)cc1. The molecule has 0 atom stereocenters. The van der Waals surface area contributed by atoms with Gasteiger partial charge < -0.3 is 10.5 Å². The van der Waals surface area contributed by atoms with E-state index in [-0.39, 0.29) is 0 Å². The molecule has 21 heavy (non-hydrogen) atoms. The molecule has 106 valence electrons. The quantitative estimate of drug-likeness (QED) is 0.799. The largest absolute Gasteiger partial charge is 0.497 e. The summed E-state index contributed by atoms with van der Waals surface area (Å²) in [5, 5.41) is 4.59. The van der Waals surface area contributed by atoms with Gasteiger partial charge in [-0.05, 0) is 43.3 Å². The van der Waals surface area contributed by atoms with Crippen LogP contribution in [-0.4, -0.2) is 16.9 Å². The molecule has 2 N–H and O–H groups in total. The molecular weight excluding hydrogens is 262 g/mol. The van der Waals surface area contributed by atoms with Crippen LogP contribution in [0.2, 0.25) is 0 Å². The highest BCUT2D eigenvalue weighted by Gasteiger charge is 2.09. The number of hydrogen-bond donors (Lipinski definition) is 1. The first-order chi connectivity index (χ1) is 10.2. The molecule has 1 aromatic heterocycles. The second-order valence-corrected chi connectivity index (χ2v) is 4.94. The maximum atomic E-state index is 6.10. The molecule has 4 nitrogen and oxygen atoms in total. The third-order valence-electron chi connectivity index (χ3n) is 3.40. The summed E-state index contributed by atoms with van der Waals surface area (Å²) in [6.45, 7) is 2.06. The number of rotatable bonds is 3. The van der Waals surface area contributed by atoms with Gasteiger partial charge in [0.2, 0.25) is 0 Å². The van der Waals surface area contributed by atoms with E-state index in [1.807, 2.05) is 42.6 Å². The van der Waals surface area contributed by atoms with Crippen molar-refractivity contribution in [1.29, 1.82) is 0 Å². The van der Waals surface area contributed by atoms with Crippen molar-refractivity contribution in [3.05, 3.63) is 60.3 Å². The van der Waals surface area contributed by atoms with Crippen LogP contribution in [0.4, 0.5) is 5.69 Å². The third-order valence-corrected chi connectivity index (χ3v) is 3.40. The monoisotopic (exact) mass is 279 g/mol. The summed E-state index contributed by atoms with van der Waals surface area (Å²) in [6.07, 6.45) is 1.84. The molecule has 0 aliphatic carbocycles. The average Bonchev–Trinajstić information content (AvgIpc) is 2.90. The Hall–Kier alpha value is -2.75. The standard InChI is InChI=1S/C17H17N3O/c1-12-3-7-14(8-4-12)20-11-16(18)17(19-20)13-5-9-15(21-2)10-6-13/h3-11H,18H2,1-2H3. The Labute approximate surface area is 123 Å². The zero-order valence-electron chi connectivity index (χ0n) is 12.1. The van der Waals surface area contributed by atoms with Gasteiger partial charge in [0, 0.05) is 5.56 Å². The van der Waals surface area contributed by atoms with Crippen LogP contribution in [0.25, 0.3) is 16.9 Å². The van der Waals surface area contributed by atoms with Crippen LogP contribution in [0.3, 0.4) is 0 Å². The number of ether oxygens (including phenoxy) is 1. The fourth-order valence-electron chi connectivity index (χ4n) is 2.19. The fourth-order valence-corrected chi connectivity index (χ4v) is 2.19. The Balaban J connectivity index is 1.98. The fraction of sp³-hybridized carbons (Fsp3) is 0.118. The summed E-state index contributed by atoms with van der Waals surface area (Å²) in [5.41, 5.74) is 10.7. The van der Waals surface area contributed by atoms with E-state index < -0.39 is 0 Å². The van der Waals surface area contributed by atoms with Crippen LogP contribution in [-0.2, 0) is 0 Å². The minimum absolute atomic E-state index is 0.653. The molecule has 0 bridgehead atoms. The predicted molar refractivity (Wildman–Crippen MR) is 84.7 cm³/mol. The Morgan fingerprint density at radius 3 is 2.29 bits per heavy atom. The van der Waals surface area contributed by atoms with Crippen molar-refractivity contribution < 1.29 is 4.74 Å². The van der Waals surface area contributed by atoms with E-state index in [1.165, 1.54) is 5.56 Å². The summed E-state index contributed by atoms with van der Waals surface area (Å²) < 4.78 is 6.96. The normalized spacial score (nSPS) is 10.6. The van der Waals surface area contributed by atoms with E-state index in [9.17, 15) is 0 Å². The highest BCUT2D eigenvalue weighted by atomic mass is 16.5. The highest BCUT2D eigenvalue weighted by Crippen LogP contribution is 2.27. The number of methoxy groups -OCH3 is 1. The zero-order chi connectivity index (χ0) is 14.8. The first-order valence-corrected chi connectivity index (χ1v) is 6.74. The molecule has 0 saturated heterocycles. The second kappa shape index (κ2) is 5.32. The van der Waals surface area contributed by atoms with Crippen molar-refractivity contribution in [2.45, 2.75) is 6.92 Å². The lowest BCUT2D eigenvalue weighted by molar-refractivity contribution is 0.415. The molecule has 0 saturated carbocycles. The lowest BCUT2D eigenvalue weighted by Gasteiger charge is -2.02. The lowest BCUT2D eigenvalue weighted by Crippen LogP contribution is -1.94. The van der Waals surface area contributed by atoms with Crippen molar-refractivity contribution in [2.24, 2.45) is 0 Å². The van der Waals surface area contributed by atoms with Crippen molar-refractivity contribution in [3.63, 3.8) is 0 Å². The maximum absolute atomic E-state index is 6.10. The van der Waals surface area contributed by atoms with Gasteiger partial charge in [-0.2, -0.15) is 5.10 Å². The first-order valence-electron chi connectivity index (χ1n) is 6.74. The van der Waals surface area contributed by atoms with E-state index in [0.717, 1.165) is 22.7 Å². The third kappa shape index (κ3) is 2.60. The number of hydrogen-bond acceptors (Lipinski definition) is 3. The Kier molecular flexibility index (Phi) is 3.36. The van der Waals surface area contributed by atoms with Gasteiger partial charge >= 0.3 is 0 Å². The lowest BCUT2D eigenvalue weighted by atomic mass is 10.1. The molecule has 0 fully saturated rings. The molecule has 3 rings (SSSR count). The van der Waals surface area contributed by atoms with E-state index in [0.29, 0.717) is 5.69 Å². The smallest absolute Gasteiger partial charge is 0.118 e. The predicted octanol–water partition coefficient (Wildman–Crippen LogP) is 3.44. The molecule has 0 unspecified atom stereocenters. The van der Waals surface area contributed by atoms with Gasteiger partial charge in [-0.3, -0.25) is 0 Å². The second-order valence-electron chi connectivity index (χ2n) is 4.94. The van der Waals surface area contributed by atoms with Crippen LogP contribution in [0.1, 0.15) is 5.56 Å². The maximum Gasteiger partial charge on any atom is 0.118 e. The summed E-state index contributed by atoms with van der Waals surface area (Å²) in [7, 11) is 1.65. The van der Waals surface area contributed by atoms with Crippen LogP contribution in [0.15, 0.2) is 54.7 Å². The van der Waals surface area contributed by atoms with E-state index >= 15 is 0 Å². The van der Waals surface area contributed by atoms with Gasteiger partial charge in [0.05, 0.1) is 24.7 Å². The van der Waals surface area contributed by atoms with Crippen LogP contribution < -0.4 is 10.5 Å². The summed E-state index contributed by atoms with van der Waals surface area (Å²) >= 11 is 0. The van der Waals surface area contributed by atoms with E-state index in [2.05, 4.69) is 24.2 Å². The topological polar surface area (TPSA) is 53.1 Å². The minimum atomic E-state index is 0.653. The number of anilines is 1. The van der Waals surface area contributed by atoms with Gasteiger partial charge in [0.25, 0.3) is 0 Å². The number of aryl methyl sites for hydroxylation is 1. The molecule has 0 aliphatic heterocycles. The molecule has 4 heteroatoms. The van der Waals surface area contributed by atoms with E-state index in [4.69, 9.17) is 10.5 Å². The molecule has 0 amide bonds. The summed E-state index contributed by atoms with van der Waals surface area (Å²) in [5.74, 6) is 0.815. The number of nitrogen functional groups attached to an aromatic ring is 1. The Bertz CT molecular complexity index is 743. The number of benzene rings is 2. The first kappa shape index (κ1) is 13.2. The van der Waals surface area contributed by atoms with Crippen molar-refractivity contribution >= 4 is 5.69 Å². The van der Waals surface area contributed by atoms with Crippen molar-refractivity contribution in [1.82, 2.24) is 9.78 Å². The molecule has 2 aromatic carbocycles. The molecule has 3 aromatic rings. The molecule has 0 radical (unpaired) electrons. The molecular formula is C17H17N3O. The Morgan fingerprint density at radius 2 is 1.67 bits per heavy atom. The number of nitrogens with zero attached hydrogens (tertiary/aromatic N) is 2. The van der Waals surface area contributed by atoms with Gasteiger partial charge in [0.1, 0.15) is 11.4 Å². The van der Waals surface area contributed by atoms with Gasteiger partial charge in [-0.1, -0.05) is 17.7 Å². The molecule has 0 aliphatic rings. The van der Waals surface area contributed by atoms with Gasteiger partial charge in [-0.15, -0.1) is 0 Å². The Morgan fingerprint density at radius 1 is 1.00 bits per heavy atom. The molecule has 0 spiro atoms. The van der Waals surface area contributed by atoms with E-state index in [1.54, 1.807) is 11.8 Å². The van der Waals surface area contributed by atoms with Crippen molar-refractivity contribution in [3.8, 4) is 22.7 Å². The summed E-state index contributed by atoms with van der Waals surface area (Å²) in [4.78, 5) is 0. The summed E-state index contributed by atoms with van der Waals surface area (Å²) in [6, 6.07) is 15.9. The van der Waals surface area contributed by atoms with Gasteiger partial charge in [-0.25, -0.2) is 4.68 Å². The van der Waals surface area contributed by atoms with Crippen molar-refractivity contribution in [2.75, 3.05) is 12.8 Å². The van der Waals surface area contributed by atoms with Crippen LogP contribution in [0, 0.1) is 6.92 Å². The average molecular weight is 279 g/mol.